The van der Waals surface area contributed by atoms with Gasteiger partial charge in [-0.05, 0) is 36.5 Å². The fourth-order valence-electron chi connectivity index (χ4n) is 2.88. The lowest BCUT2D eigenvalue weighted by Gasteiger charge is -2.26. The number of halogens is 3. The van der Waals surface area contributed by atoms with E-state index in [-0.39, 0.29) is 17.2 Å². The van der Waals surface area contributed by atoms with Crippen molar-refractivity contribution in [2.24, 2.45) is 5.73 Å². The van der Waals surface area contributed by atoms with Crippen LogP contribution >= 0.6 is 0 Å². The summed E-state index contributed by atoms with van der Waals surface area (Å²) in [5.41, 5.74) is 11.6. The highest BCUT2D eigenvalue weighted by atomic mass is 19.4. The van der Waals surface area contributed by atoms with Crippen LogP contribution in [-0.4, -0.2) is 12.3 Å². The van der Waals surface area contributed by atoms with E-state index < -0.39 is 18.0 Å². The zero-order chi connectivity index (χ0) is 15.6. The molecule has 7 heteroatoms. The number of primary amides is 1. The quantitative estimate of drug-likeness (QED) is 0.841. The van der Waals surface area contributed by atoms with Crippen molar-refractivity contribution in [2.45, 2.75) is 44.4 Å². The number of rotatable bonds is 3. The first-order valence-corrected chi connectivity index (χ1v) is 6.77. The zero-order valence-corrected chi connectivity index (χ0v) is 11.4. The van der Waals surface area contributed by atoms with Crippen LogP contribution in [0.2, 0.25) is 0 Å². The summed E-state index contributed by atoms with van der Waals surface area (Å²) in [7, 11) is 0. The van der Waals surface area contributed by atoms with E-state index in [1.54, 1.807) is 0 Å². The molecule has 1 aliphatic carbocycles. The van der Waals surface area contributed by atoms with E-state index in [4.69, 9.17) is 11.5 Å². The van der Waals surface area contributed by atoms with Crippen molar-refractivity contribution < 1.29 is 22.7 Å². The van der Waals surface area contributed by atoms with Crippen LogP contribution in [0.4, 0.5) is 18.9 Å². The zero-order valence-electron chi connectivity index (χ0n) is 11.4. The van der Waals surface area contributed by atoms with Crippen LogP contribution < -0.4 is 16.2 Å². The molecule has 2 rings (SSSR count). The largest absolute Gasteiger partial charge is 0.573 e. The Hall–Kier alpha value is -1.92. The van der Waals surface area contributed by atoms with Gasteiger partial charge in [0.1, 0.15) is 0 Å². The van der Waals surface area contributed by atoms with Gasteiger partial charge in [0.25, 0.3) is 0 Å². The molecule has 0 heterocycles. The molecule has 1 saturated carbocycles. The second kappa shape index (κ2) is 5.83. The number of benzene rings is 1. The topological polar surface area (TPSA) is 78.3 Å². The molecule has 4 N–H and O–H groups in total. The standard InChI is InChI=1S/C14H17F3N2O2/c15-14(16,17)21-10-7-6-9(13(19)20)11(12(10)18)8-4-2-1-3-5-8/h6-8H,1-5,18H2,(H2,19,20). The molecular formula is C14H17F3N2O2. The van der Waals surface area contributed by atoms with Gasteiger partial charge >= 0.3 is 6.36 Å². The molecule has 1 fully saturated rings. The van der Waals surface area contributed by atoms with Gasteiger partial charge in [0, 0.05) is 5.56 Å². The molecule has 4 nitrogen and oxygen atoms in total. The molecule has 0 aromatic heterocycles. The highest BCUT2D eigenvalue weighted by Gasteiger charge is 2.33. The molecular weight excluding hydrogens is 285 g/mol. The molecule has 1 aromatic rings. The number of anilines is 1. The number of carbonyl (C=O) groups is 1. The van der Waals surface area contributed by atoms with Crippen LogP contribution in [0.1, 0.15) is 53.9 Å². The van der Waals surface area contributed by atoms with Gasteiger partial charge in [0.15, 0.2) is 5.75 Å². The van der Waals surface area contributed by atoms with Crippen molar-refractivity contribution in [1.82, 2.24) is 0 Å². The number of carbonyl (C=O) groups excluding carboxylic acids is 1. The molecule has 0 radical (unpaired) electrons. The minimum atomic E-state index is -4.83. The summed E-state index contributed by atoms with van der Waals surface area (Å²) in [4.78, 5) is 11.5. The molecule has 116 valence electrons. The third-order valence-electron chi connectivity index (χ3n) is 3.75. The van der Waals surface area contributed by atoms with E-state index in [0.717, 1.165) is 38.2 Å². The number of amides is 1. The van der Waals surface area contributed by atoms with Crippen molar-refractivity contribution in [2.75, 3.05) is 5.73 Å². The molecule has 0 saturated heterocycles. The van der Waals surface area contributed by atoms with E-state index in [2.05, 4.69) is 4.74 Å². The number of ether oxygens (including phenoxy) is 1. The molecule has 0 unspecified atom stereocenters. The first-order valence-electron chi connectivity index (χ1n) is 6.77. The third kappa shape index (κ3) is 3.59. The maximum absolute atomic E-state index is 12.4. The first kappa shape index (κ1) is 15.5. The van der Waals surface area contributed by atoms with Crippen molar-refractivity contribution in [1.29, 1.82) is 0 Å². The Labute approximate surface area is 120 Å². The van der Waals surface area contributed by atoms with E-state index in [9.17, 15) is 18.0 Å². The molecule has 0 atom stereocenters. The van der Waals surface area contributed by atoms with Crippen LogP contribution in [0, 0.1) is 0 Å². The average Bonchev–Trinajstić information content (AvgIpc) is 2.40. The van der Waals surface area contributed by atoms with Crippen LogP contribution in [0.25, 0.3) is 0 Å². The smallest absolute Gasteiger partial charge is 0.404 e. The van der Waals surface area contributed by atoms with E-state index in [0.29, 0.717) is 5.56 Å². The number of alkyl halides is 3. The van der Waals surface area contributed by atoms with E-state index in [1.807, 2.05) is 0 Å². The van der Waals surface area contributed by atoms with Crippen LogP contribution in [0.15, 0.2) is 12.1 Å². The van der Waals surface area contributed by atoms with Crippen LogP contribution in [-0.2, 0) is 0 Å². The summed E-state index contributed by atoms with van der Waals surface area (Å²) in [5, 5.41) is 0. The number of hydrogen-bond acceptors (Lipinski definition) is 3. The Kier molecular flexibility index (Phi) is 4.29. The Morgan fingerprint density at radius 1 is 1.19 bits per heavy atom. The van der Waals surface area contributed by atoms with E-state index in [1.165, 1.54) is 6.07 Å². The van der Waals surface area contributed by atoms with E-state index >= 15 is 0 Å². The molecule has 0 bridgehead atoms. The van der Waals surface area contributed by atoms with Gasteiger partial charge < -0.3 is 16.2 Å². The molecule has 1 amide bonds. The monoisotopic (exact) mass is 302 g/mol. The minimum Gasteiger partial charge on any atom is -0.404 e. The summed E-state index contributed by atoms with van der Waals surface area (Å²) in [6.07, 6.45) is -0.299. The van der Waals surface area contributed by atoms with Gasteiger partial charge in [-0.25, -0.2) is 0 Å². The average molecular weight is 302 g/mol. The molecule has 1 aromatic carbocycles. The van der Waals surface area contributed by atoms with Crippen molar-refractivity contribution in [3.05, 3.63) is 23.3 Å². The molecule has 1 aliphatic rings. The number of nitrogens with two attached hydrogens (primary N) is 2. The summed E-state index contributed by atoms with van der Waals surface area (Å²) < 4.78 is 41.1. The van der Waals surface area contributed by atoms with Gasteiger partial charge in [-0.2, -0.15) is 0 Å². The highest BCUT2D eigenvalue weighted by Crippen LogP contribution is 2.42. The lowest BCUT2D eigenvalue weighted by Crippen LogP contribution is -2.22. The predicted molar refractivity (Wildman–Crippen MR) is 71.9 cm³/mol. The molecule has 0 aliphatic heterocycles. The first-order chi connectivity index (χ1) is 9.79. The summed E-state index contributed by atoms with van der Waals surface area (Å²) in [6, 6.07) is 2.29. The number of hydrogen-bond donors (Lipinski definition) is 2. The second-order valence-electron chi connectivity index (χ2n) is 5.19. The number of nitrogen functional groups attached to an aromatic ring is 1. The third-order valence-corrected chi connectivity index (χ3v) is 3.75. The molecule has 21 heavy (non-hydrogen) atoms. The molecule has 0 spiro atoms. The van der Waals surface area contributed by atoms with Crippen molar-refractivity contribution in [3.8, 4) is 5.75 Å². The SMILES string of the molecule is NC(=O)c1ccc(OC(F)(F)F)c(N)c1C1CCCCC1. The van der Waals surface area contributed by atoms with Gasteiger partial charge in [-0.15, -0.1) is 13.2 Å². The van der Waals surface area contributed by atoms with Crippen molar-refractivity contribution in [3.63, 3.8) is 0 Å². The Morgan fingerprint density at radius 2 is 1.81 bits per heavy atom. The van der Waals surface area contributed by atoms with Crippen LogP contribution in [0.3, 0.4) is 0 Å². The maximum Gasteiger partial charge on any atom is 0.573 e. The minimum absolute atomic E-state index is 0.0574. The normalized spacial score (nSPS) is 16.7. The van der Waals surface area contributed by atoms with Crippen molar-refractivity contribution >= 4 is 11.6 Å². The highest BCUT2D eigenvalue weighted by molar-refractivity contribution is 5.96. The fourth-order valence-corrected chi connectivity index (χ4v) is 2.88. The Bertz CT molecular complexity index is 538. The van der Waals surface area contributed by atoms with Gasteiger partial charge in [0.05, 0.1) is 5.69 Å². The summed E-state index contributed by atoms with van der Waals surface area (Å²) >= 11 is 0. The summed E-state index contributed by atoms with van der Waals surface area (Å²) in [5.74, 6) is -1.23. The van der Waals surface area contributed by atoms with Gasteiger partial charge in [-0.1, -0.05) is 19.3 Å². The lowest BCUT2D eigenvalue weighted by molar-refractivity contribution is -0.274. The lowest BCUT2D eigenvalue weighted by atomic mass is 9.81. The Balaban J connectivity index is 2.46. The maximum atomic E-state index is 12.4. The van der Waals surface area contributed by atoms with Gasteiger partial charge in [0.2, 0.25) is 5.91 Å². The predicted octanol–water partition coefficient (Wildman–Crippen LogP) is 3.31. The van der Waals surface area contributed by atoms with Crippen LogP contribution in [0.5, 0.6) is 5.75 Å². The Morgan fingerprint density at radius 3 is 2.33 bits per heavy atom. The fraction of sp³-hybridized carbons (Fsp3) is 0.500. The summed E-state index contributed by atoms with van der Waals surface area (Å²) in [6.45, 7) is 0. The second-order valence-corrected chi connectivity index (χ2v) is 5.19. The van der Waals surface area contributed by atoms with Gasteiger partial charge in [-0.3, -0.25) is 4.79 Å².